The summed E-state index contributed by atoms with van der Waals surface area (Å²) in [6.07, 6.45) is 1.70. The molecule has 0 bridgehead atoms. The van der Waals surface area contributed by atoms with Crippen molar-refractivity contribution in [2.75, 3.05) is 18.8 Å². The summed E-state index contributed by atoms with van der Waals surface area (Å²) >= 11 is 1.84. The van der Waals surface area contributed by atoms with Gasteiger partial charge in [-0.3, -0.25) is 4.79 Å². The zero-order chi connectivity index (χ0) is 11.2. The van der Waals surface area contributed by atoms with Gasteiger partial charge in [0.25, 0.3) is 0 Å². The molecule has 1 aliphatic rings. The highest BCUT2D eigenvalue weighted by Gasteiger charge is 2.21. The number of ketones is 1. The van der Waals surface area contributed by atoms with E-state index < -0.39 is 0 Å². The van der Waals surface area contributed by atoms with Crippen LogP contribution in [0.2, 0.25) is 0 Å². The molecule has 0 saturated carbocycles. The molecule has 0 spiro atoms. The fourth-order valence-electron chi connectivity index (χ4n) is 1.90. The molecule has 1 aromatic rings. The quantitative estimate of drug-likeness (QED) is 0.812. The molecule has 1 fully saturated rings. The Hall–Kier alpha value is -0.800. The van der Waals surface area contributed by atoms with E-state index in [1.54, 1.807) is 0 Å². The van der Waals surface area contributed by atoms with Gasteiger partial charge in [0.2, 0.25) is 0 Å². The molecule has 1 heterocycles. The number of thioether (sulfide) groups is 1. The lowest BCUT2D eigenvalue weighted by Crippen LogP contribution is -2.37. The predicted molar refractivity (Wildman–Crippen MR) is 67.8 cm³/mol. The summed E-state index contributed by atoms with van der Waals surface area (Å²) in [5.41, 5.74) is 0. The van der Waals surface area contributed by atoms with Gasteiger partial charge >= 0.3 is 0 Å². The first-order valence-corrected chi connectivity index (χ1v) is 6.76. The third-order valence-electron chi connectivity index (χ3n) is 2.87. The number of nitrogens with one attached hydrogen (secondary N) is 1. The number of rotatable bonds is 4. The summed E-state index contributed by atoms with van der Waals surface area (Å²) in [6.45, 7) is 1.73. The first-order chi connectivity index (χ1) is 7.86. The van der Waals surface area contributed by atoms with Crippen molar-refractivity contribution in [3.63, 3.8) is 0 Å². The normalized spacial score (nSPS) is 21.0. The summed E-state index contributed by atoms with van der Waals surface area (Å²) in [4.78, 5) is 12.9. The van der Waals surface area contributed by atoms with Crippen LogP contribution in [0.1, 0.15) is 12.8 Å². The van der Waals surface area contributed by atoms with Gasteiger partial charge in [0.1, 0.15) is 5.78 Å². The van der Waals surface area contributed by atoms with E-state index in [0.29, 0.717) is 12.2 Å². The topological polar surface area (TPSA) is 29.1 Å². The minimum absolute atomic E-state index is 0.241. The smallest absolute Gasteiger partial charge is 0.138 e. The first kappa shape index (κ1) is 11.7. The van der Waals surface area contributed by atoms with Crippen molar-refractivity contribution >= 4 is 17.5 Å². The number of hydrogen-bond donors (Lipinski definition) is 1. The van der Waals surface area contributed by atoms with Gasteiger partial charge in [-0.05, 0) is 24.3 Å². The molecule has 16 heavy (non-hydrogen) atoms. The van der Waals surface area contributed by atoms with Crippen LogP contribution in [-0.4, -0.2) is 24.6 Å². The second-order valence-corrected chi connectivity index (χ2v) is 5.24. The van der Waals surface area contributed by atoms with Crippen LogP contribution >= 0.6 is 11.8 Å². The maximum Gasteiger partial charge on any atom is 0.138 e. The molecule has 0 amide bonds. The van der Waals surface area contributed by atoms with E-state index in [4.69, 9.17) is 0 Å². The minimum atomic E-state index is 0.241. The highest BCUT2D eigenvalue weighted by molar-refractivity contribution is 7.99. The molecular weight excluding hydrogens is 218 g/mol. The fraction of sp³-hybridized carbons (Fsp3) is 0.462. The van der Waals surface area contributed by atoms with E-state index in [-0.39, 0.29) is 5.92 Å². The zero-order valence-electron chi connectivity index (χ0n) is 9.32. The minimum Gasteiger partial charge on any atom is -0.316 e. The van der Waals surface area contributed by atoms with Crippen molar-refractivity contribution in [1.82, 2.24) is 5.32 Å². The number of hydrogen-bond acceptors (Lipinski definition) is 3. The molecule has 1 saturated heterocycles. The Balaban J connectivity index is 1.73. The molecule has 1 atom stereocenters. The lowest BCUT2D eigenvalue weighted by molar-refractivity contribution is -0.123. The van der Waals surface area contributed by atoms with Gasteiger partial charge in [-0.1, -0.05) is 18.2 Å². The van der Waals surface area contributed by atoms with E-state index in [2.05, 4.69) is 29.6 Å². The van der Waals surface area contributed by atoms with Crippen LogP contribution in [0, 0.1) is 5.92 Å². The Bertz CT molecular complexity index is 339. The maximum absolute atomic E-state index is 11.6. The number of piperidine rings is 1. The van der Waals surface area contributed by atoms with Crippen molar-refractivity contribution in [2.45, 2.75) is 17.7 Å². The number of carbonyl (C=O) groups is 1. The summed E-state index contributed by atoms with van der Waals surface area (Å²) in [7, 11) is 0. The molecule has 1 unspecified atom stereocenters. The highest BCUT2D eigenvalue weighted by atomic mass is 32.2. The third-order valence-corrected chi connectivity index (χ3v) is 3.92. The van der Waals surface area contributed by atoms with Gasteiger partial charge in [0, 0.05) is 30.3 Å². The van der Waals surface area contributed by atoms with Crippen LogP contribution in [-0.2, 0) is 4.79 Å². The van der Waals surface area contributed by atoms with E-state index in [1.807, 2.05) is 17.8 Å². The molecule has 3 heteroatoms. The Kier molecular flexibility index (Phi) is 4.43. The standard InChI is InChI=1S/C13H17NOS/c15-13-6-8-14-10-11(13)7-9-16-12-4-2-1-3-5-12/h1-5,11,14H,6-10H2. The summed E-state index contributed by atoms with van der Waals surface area (Å²) in [5, 5.41) is 3.28. The van der Waals surface area contributed by atoms with Crippen LogP contribution in [0.5, 0.6) is 0 Å². The second-order valence-electron chi connectivity index (χ2n) is 4.07. The molecule has 2 rings (SSSR count). The molecule has 0 aliphatic carbocycles. The van der Waals surface area contributed by atoms with Crippen LogP contribution in [0.3, 0.4) is 0 Å². The SMILES string of the molecule is O=C1CCNCC1CCSc1ccccc1. The second kappa shape index (κ2) is 6.06. The average Bonchev–Trinajstić information content (AvgIpc) is 2.33. The summed E-state index contributed by atoms with van der Waals surface area (Å²) < 4.78 is 0. The predicted octanol–water partition coefficient (Wildman–Crippen LogP) is 2.35. The maximum atomic E-state index is 11.6. The van der Waals surface area contributed by atoms with E-state index in [1.165, 1.54) is 4.90 Å². The largest absolute Gasteiger partial charge is 0.316 e. The van der Waals surface area contributed by atoms with Crippen LogP contribution in [0.4, 0.5) is 0 Å². The Morgan fingerprint density at radius 1 is 1.31 bits per heavy atom. The fourth-order valence-corrected chi connectivity index (χ4v) is 2.89. The van der Waals surface area contributed by atoms with Gasteiger partial charge in [-0.15, -0.1) is 11.8 Å². The molecule has 86 valence electrons. The Morgan fingerprint density at radius 3 is 2.88 bits per heavy atom. The number of Topliss-reactive ketones (excluding diaryl/α,β-unsaturated/α-hetero) is 1. The number of benzene rings is 1. The monoisotopic (exact) mass is 235 g/mol. The molecule has 2 nitrogen and oxygen atoms in total. The van der Waals surface area contributed by atoms with Crippen molar-refractivity contribution < 1.29 is 4.79 Å². The zero-order valence-corrected chi connectivity index (χ0v) is 10.1. The van der Waals surface area contributed by atoms with E-state index >= 15 is 0 Å². The third kappa shape index (κ3) is 3.35. The van der Waals surface area contributed by atoms with Crippen LogP contribution < -0.4 is 5.32 Å². The van der Waals surface area contributed by atoms with E-state index in [9.17, 15) is 4.79 Å². The molecule has 1 aliphatic heterocycles. The van der Waals surface area contributed by atoms with Crippen molar-refractivity contribution in [3.05, 3.63) is 30.3 Å². The van der Waals surface area contributed by atoms with Gasteiger partial charge in [-0.2, -0.15) is 0 Å². The molecule has 0 aromatic heterocycles. The Morgan fingerprint density at radius 2 is 2.12 bits per heavy atom. The van der Waals surface area contributed by atoms with Crippen molar-refractivity contribution in [3.8, 4) is 0 Å². The lowest BCUT2D eigenvalue weighted by atomic mass is 9.96. The van der Waals surface area contributed by atoms with Crippen molar-refractivity contribution in [2.24, 2.45) is 5.92 Å². The van der Waals surface area contributed by atoms with Gasteiger partial charge in [0.05, 0.1) is 0 Å². The molecule has 1 aromatic carbocycles. The first-order valence-electron chi connectivity index (χ1n) is 5.77. The lowest BCUT2D eigenvalue weighted by Gasteiger charge is -2.21. The van der Waals surface area contributed by atoms with Gasteiger partial charge in [0.15, 0.2) is 0 Å². The molecule has 1 N–H and O–H groups in total. The van der Waals surface area contributed by atoms with Crippen LogP contribution in [0.15, 0.2) is 35.2 Å². The summed E-state index contributed by atoms with van der Waals surface area (Å²) in [5.74, 6) is 1.71. The summed E-state index contributed by atoms with van der Waals surface area (Å²) in [6, 6.07) is 10.4. The Labute approximate surface area is 101 Å². The molecule has 0 radical (unpaired) electrons. The van der Waals surface area contributed by atoms with Crippen molar-refractivity contribution in [1.29, 1.82) is 0 Å². The van der Waals surface area contributed by atoms with E-state index in [0.717, 1.165) is 25.3 Å². The van der Waals surface area contributed by atoms with Gasteiger partial charge < -0.3 is 5.32 Å². The number of carbonyl (C=O) groups excluding carboxylic acids is 1. The average molecular weight is 235 g/mol. The highest BCUT2D eigenvalue weighted by Crippen LogP contribution is 2.21. The van der Waals surface area contributed by atoms with Crippen LogP contribution in [0.25, 0.3) is 0 Å². The molecular formula is C13H17NOS. The van der Waals surface area contributed by atoms with Gasteiger partial charge in [-0.25, -0.2) is 0 Å².